The van der Waals surface area contributed by atoms with Gasteiger partial charge in [-0.25, -0.2) is 0 Å². The Morgan fingerprint density at radius 3 is 1.13 bits per heavy atom. The average Bonchev–Trinajstić information content (AvgIpc) is 3.73. The van der Waals surface area contributed by atoms with Gasteiger partial charge in [0.05, 0.1) is 5.69 Å². The largest absolute Gasteiger partial charge is 0.305 e. The number of aryl methyl sites for hydroxylation is 4. The van der Waals surface area contributed by atoms with Gasteiger partial charge in [0.2, 0.25) is 0 Å². The van der Waals surface area contributed by atoms with Crippen molar-refractivity contribution in [2.75, 3.05) is 0 Å². The summed E-state index contributed by atoms with van der Waals surface area (Å²) >= 11 is 3.83. The molecule has 10 rings (SSSR count). The molecule has 0 bridgehead atoms. The fourth-order valence-electron chi connectivity index (χ4n) is 10.7. The van der Waals surface area contributed by atoms with E-state index in [2.05, 4.69) is 250 Å². The maximum absolute atomic E-state index is 4.59. The molecule has 1 radical (unpaired) electrons. The summed E-state index contributed by atoms with van der Waals surface area (Å²) in [6.45, 7) is 8.94. The minimum absolute atomic E-state index is 0. The molecule has 2 heterocycles. The summed E-state index contributed by atoms with van der Waals surface area (Å²) in [4.78, 5) is 9.16. The molecule has 0 aliphatic carbocycles. The third-order valence-electron chi connectivity index (χ3n) is 15.3. The number of nitrogens with zero attached hydrogens (tertiary/aromatic N) is 2. The zero-order valence-electron chi connectivity index (χ0n) is 49.1. The van der Waals surface area contributed by atoms with Gasteiger partial charge in [0.1, 0.15) is 0 Å². The normalized spacial score (nSPS) is 10.6. The number of halogens is 1. The Labute approximate surface area is 511 Å². The fourth-order valence-corrected chi connectivity index (χ4v) is 10.7. The molecule has 10 aromatic rings. The molecule has 0 aliphatic rings. The molecule has 2 aromatic heterocycles. The molecule has 421 valence electrons. The SMILES string of the molecule is CCCCCCCCc1ccc(-c2ccc(-c3ccc(-c4ccnc(-c5[c-]cccc5)c4)c(C)c3)cc2)cc1.CCCCCCCCc1ccc(-c2ccc(-c3ccc(-c4ccnc(-c5ccccc5)c4)c(C)c3)cc2)cc1.[CH2-][ClH+].[CH3+].[Ir]. The van der Waals surface area contributed by atoms with Crippen LogP contribution in [0.3, 0.4) is 0 Å². The molecule has 0 saturated carbocycles. The number of unbranched alkanes of at least 4 members (excludes halogenated alkanes) is 10. The van der Waals surface area contributed by atoms with Crippen LogP contribution in [-0.2, 0) is 32.9 Å². The summed E-state index contributed by atoms with van der Waals surface area (Å²) in [6.07, 6.45) is 25.2. The van der Waals surface area contributed by atoms with Crippen LogP contribution in [0.25, 0.3) is 89.3 Å². The molecule has 0 saturated heterocycles. The first-order valence-electron chi connectivity index (χ1n) is 29.3. The Bertz CT molecular complexity index is 3180. The van der Waals surface area contributed by atoms with E-state index in [1.807, 2.05) is 36.7 Å². The van der Waals surface area contributed by atoms with E-state index >= 15 is 0 Å². The van der Waals surface area contributed by atoms with Crippen LogP contribution >= 0.6 is 0 Å². The van der Waals surface area contributed by atoms with Crippen molar-refractivity contribution in [3.05, 3.63) is 267 Å². The maximum atomic E-state index is 4.59. The van der Waals surface area contributed by atoms with Gasteiger partial charge in [-0.05, 0) is 152 Å². The van der Waals surface area contributed by atoms with Gasteiger partial charge in [0.15, 0.2) is 0 Å². The van der Waals surface area contributed by atoms with Gasteiger partial charge in [-0.15, -0.1) is 35.9 Å². The van der Waals surface area contributed by atoms with Crippen molar-refractivity contribution in [2.45, 2.75) is 118 Å². The van der Waals surface area contributed by atoms with E-state index in [1.54, 1.807) is 0 Å². The van der Waals surface area contributed by atoms with Crippen molar-refractivity contribution in [3.63, 3.8) is 0 Å². The van der Waals surface area contributed by atoms with Gasteiger partial charge >= 0.3 is 0 Å². The quantitative estimate of drug-likeness (QED) is 0.0499. The molecular formula is C78H83ClIrN2. The second-order valence-corrected chi connectivity index (χ2v) is 21.1. The number of rotatable bonds is 22. The Morgan fingerprint density at radius 1 is 0.354 bits per heavy atom. The molecule has 0 spiro atoms. The Hall–Kier alpha value is -7.13. The second-order valence-electron chi connectivity index (χ2n) is 21.1. The molecule has 2 nitrogen and oxygen atoms in total. The first kappa shape index (κ1) is 64.0. The summed E-state index contributed by atoms with van der Waals surface area (Å²) < 4.78 is 0. The zero-order chi connectivity index (χ0) is 55.7. The summed E-state index contributed by atoms with van der Waals surface area (Å²) in [5, 5.41) is 0. The van der Waals surface area contributed by atoms with Crippen LogP contribution in [-0.4, -0.2) is 9.97 Å². The summed E-state index contributed by atoms with van der Waals surface area (Å²) in [6, 6.07) is 79.9. The van der Waals surface area contributed by atoms with E-state index in [1.165, 1.54) is 179 Å². The van der Waals surface area contributed by atoms with E-state index in [0.717, 1.165) is 22.5 Å². The zero-order valence-corrected chi connectivity index (χ0v) is 52.3. The van der Waals surface area contributed by atoms with Crippen LogP contribution in [0.2, 0.25) is 0 Å². The smallest absolute Gasteiger partial charge is 0.0708 e. The molecular weight excluding hydrogens is 1190 g/mol. The van der Waals surface area contributed by atoms with Crippen molar-refractivity contribution in [3.8, 4) is 89.3 Å². The molecule has 0 fully saturated rings. The Morgan fingerprint density at radius 2 is 0.720 bits per heavy atom. The topological polar surface area (TPSA) is 25.8 Å². The number of hydrogen-bond donors (Lipinski definition) is 0. The van der Waals surface area contributed by atoms with Crippen molar-refractivity contribution in [2.24, 2.45) is 0 Å². The minimum Gasteiger partial charge on any atom is -0.305 e. The number of benzene rings is 8. The molecule has 0 aliphatic heterocycles. The summed E-state index contributed by atoms with van der Waals surface area (Å²) in [5.74, 6) is 0. The molecule has 4 heteroatoms. The van der Waals surface area contributed by atoms with Crippen LogP contribution in [0.4, 0.5) is 0 Å². The first-order chi connectivity index (χ1) is 39.4. The van der Waals surface area contributed by atoms with Gasteiger partial charge < -0.3 is 4.98 Å². The third kappa shape index (κ3) is 18.4. The third-order valence-corrected chi connectivity index (χ3v) is 15.3. The predicted molar refractivity (Wildman–Crippen MR) is 348 cm³/mol. The van der Waals surface area contributed by atoms with E-state index in [4.69, 9.17) is 0 Å². The summed E-state index contributed by atoms with van der Waals surface area (Å²) in [5.41, 5.74) is 24.4. The van der Waals surface area contributed by atoms with Crippen LogP contribution in [0.5, 0.6) is 0 Å². The van der Waals surface area contributed by atoms with E-state index in [9.17, 15) is 0 Å². The minimum atomic E-state index is 0. The van der Waals surface area contributed by atoms with Crippen LogP contribution in [0, 0.1) is 45.3 Å². The Balaban J connectivity index is 0.000000250. The molecule has 0 atom stereocenters. The standard InChI is InChI=1S/C38H39N.C38H38N.CH3Cl.CH3.Ir/c2*1-3-4-5-6-7-9-12-30-15-17-31(18-16-30)32-19-21-33(22-20-32)35-23-24-37(29(2)27-35)36-25-26-39-38(28-36)34-13-10-8-11-14-34;1-2;;/h8,10-11,13-28H,3-7,9,12H2,1-2H3;8,10-11,13,15-28H,3-7,9,12H2,1-2H3;2H,1H2;1H3;/q;-1;;+1;. The number of hydrogen-bond acceptors (Lipinski definition) is 2. The molecule has 82 heavy (non-hydrogen) atoms. The molecule has 0 amide bonds. The number of aromatic nitrogens is 2. The maximum Gasteiger partial charge on any atom is 0.0708 e. The van der Waals surface area contributed by atoms with Gasteiger partial charge in [-0.1, -0.05) is 266 Å². The van der Waals surface area contributed by atoms with E-state index in [0.29, 0.717) is 0 Å². The van der Waals surface area contributed by atoms with Gasteiger partial charge in [0.25, 0.3) is 0 Å². The second kappa shape index (κ2) is 34.3. The van der Waals surface area contributed by atoms with Crippen LogP contribution in [0.1, 0.15) is 113 Å². The van der Waals surface area contributed by atoms with Crippen LogP contribution in [0.15, 0.2) is 225 Å². The molecule has 8 aromatic carbocycles. The summed E-state index contributed by atoms with van der Waals surface area (Å²) in [7, 11) is 0. The fraction of sp³-hybridized carbons (Fsp3) is 0.231. The predicted octanol–water partition coefficient (Wildman–Crippen LogP) is 22.2. The van der Waals surface area contributed by atoms with Gasteiger partial charge in [-0.2, -0.15) is 0 Å². The van der Waals surface area contributed by atoms with Crippen LogP contribution < -0.4 is 0 Å². The number of pyridine rings is 2. The van der Waals surface area contributed by atoms with Crippen molar-refractivity contribution in [1.29, 1.82) is 0 Å². The van der Waals surface area contributed by atoms with Crippen molar-refractivity contribution < 1.29 is 31.7 Å². The van der Waals surface area contributed by atoms with Gasteiger partial charge in [0, 0.05) is 45.5 Å². The molecule has 0 N–H and O–H groups in total. The van der Waals surface area contributed by atoms with Crippen molar-refractivity contribution >= 4 is 0 Å². The van der Waals surface area contributed by atoms with E-state index < -0.39 is 0 Å². The Kier molecular flexibility index (Phi) is 26.8. The molecule has 0 unspecified atom stereocenters. The average molecular weight is 1280 g/mol. The van der Waals surface area contributed by atoms with Crippen molar-refractivity contribution in [1.82, 2.24) is 9.97 Å². The monoisotopic (exact) mass is 1280 g/mol. The van der Waals surface area contributed by atoms with Gasteiger partial charge in [-0.3, -0.25) is 4.98 Å². The first-order valence-corrected chi connectivity index (χ1v) is 29.8. The van der Waals surface area contributed by atoms with E-state index in [-0.39, 0.29) is 27.5 Å².